The number of pyridine rings is 1. The third-order valence-corrected chi connectivity index (χ3v) is 3.11. The Morgan fingerprint density at radius 3 is 2.60 bits per heavy atom. The van der Waals surface area contributed by atoms with Crippen molar-refractivity contribution in [2.75, 3.05) is 11.9 Å². The molecular formula is C16H18N2O2. The molecule has 2 rings (SSSR count). The number of hydrogen-bond acceptors (Lipinski definition) is 3. The highest BCUT2D eigenvalue weighted by Crippen LogP contribution is 2.11. The summed E-state index contributed by atoms with van der Waals surface area (Å²) in [5.41, 5.74) is 2.10. The molecule has 0 saturated carbocycles. The van der Waals surface area contributed by atoms with Crippen LogP contribution in [0.5, 0.6) is 0 Å². The fourth-order valence-electron chi connectivity index (χ4n) is 2.04. The summed E-state index contributed by atoms with van der Waals surface area (Å²) in [4.78, 5) is 15.1. The van der Waals surface area contributed by atoms with E-state index in [1.54, 1.807) is 19.1 Å². The van der Waals surface area contributed by atoms with Gasteiger partial charge in [0.15, 0.2) is 0 Å². The van der Waals surface area contributed by atoms with E-state index >= 15 is 0 Å². The average molecular weight is 270 g/mol. The van der Waals surface area contributed by atoms with Crippen LogP contribution in [0.25, 0.3) is 0 Å². The predicted octanol–water partition coefficient (Wildman–Crippen LogP) is 3.13. The predicted molar refractivity (Wildman–Crippen MR) is 79.2 cm³/mol. The second kappa shape index (κ2) is 6.70. The first-order valence-electron chi connectivity index (χ1n) is 6.65. The van der Waals surface area contributed by atoms with Crippen LogP contribution in [0.15, 0.2) is 42.5 Å². The topological polar surface area (TPSA) is 62.2 Å². The molecule has 1 heterocycles. The quantitative estimate of drug-likeness (QED) is 0.792. The first kappa shape index (κ1) is 14.1. The van der Waals surface area contributed by atoms with Crippen molar-refractivity contribution in [2.45, 2.75) is 19.8 Å². The molecule has 0 unspecified atom stereocenters. The number of anilines is 1. The van der Waals surface area contributed by atoms with E-state index in [1.807, 2.05) is 18.2 Å². The second-order valence-corrected chi connectivity index (χ2v) is 4.65. The van der Waals surface area contributed by atoms with Gasteiger partial charge in [0, 0.05) is 6.54 Å². The van der Waals surface area contributed by atoms with Crippen LogP contribution in [-0.4, -0.2) is 22.6 Å². The first-order chi connectivity index (χ1) is 9.66. The molecule has 0 fully saturated rings. The molecule has 0 bridgehead atoms. The monoisotopic (exact) mass is 270 g/mol. The molecule has 4 heteroatoms. The SMILES string of the molecule is Cc1nc(NCCCc2ccccc2)ccc1C(=O)O. The van der Waals surface area contributed by atoms with Gasteiger partial charge >= 0.3 is 5.97 Å². The Labute approximate surface area is 118 Å². The lowest BCUT2D eigenvalue weighted by molar-refractivity contribution is 0.0695. The van der Waals surface area contributed by atoms with Crippen molar-refractivity contribution in [3.05, 3.63) is 59.3 Å². The number of nitrogens with one attached hydrogen (secondary N) is 1. The van der Waals surface area contributed by atoms with Crippen molar-refractivity contribution in [3.8, 4) is 0 Å². The van der Waals surface area contributed by atoms with Gasteiger partial charge in [-0.05, 0) is 37.5 Å². The van der Waals surface area contributed by atoms with Gasteiger partial charge in [0.2, 0.25) is 0 Å². The summed E-state index contributed by atoms with van der Waals surface area (Å²) in [7, 11) is 0. The van der Waals surface area contributed by atoms with E-state index in [2.05, 4.69) is 22.4 Å². The molecule has 20 heavy (non-hydrogen) atoms. The van der Waals surface area contributed by atoms with Gasteiger partial charge in [-0.2, -0.15) is 0 Å². The summed E-state index contributed by atoms with van der Waals surface area (Å²) in [6, 6.07) is 13.6. The van der Waals surface area contributed by atoms with Crippen molar-refractivity contribution < 1.29 is 9.90 Å². The zero-order valence-electron chi connectivity index (χ0n) is 11.5. The van der Waals surface area contributed by atoms with Crippen molar-refractivity contribution >= 4 is 11.8 Å². The van der Waals surface area contributed by atoms with Crippen molar-refractivity contribution in [3.63, 3.8) is 0 Å². The fourth-order valence-corrected chi connectivity index (χ4v) is 2.04. The summed E-state index contributed by atoms with van der Waals surface area (Å²) in [6.07, 6.45) is 2.02. The van der Waals surface area contributed by atoms with E-state index in [-0.39, 0.29) is 5.56 Å². The molecule has 1 aromatic carbocycles. The lowest BCUT2D eigenvalue weighted by Crippen LogP contribution is -2.07. The molecule has 0 amide bonds. The number of hydrogen-bond donors (Lipinski definition) is 2. The Balaban J connectivity index is 1.83. The molecule has 2 aromatic rings. The van der Waals surface area contributed by atoms with E-state index in [4.69, 9.17) is 5.11 Å². The van der Waals surface area contributed by atoms with E-state index in [9.17, 15) is 4.79 Å². The maximum Gasteiger partial charge on any atom is 0.337 e. The number of aromatic carboxylic acids is 1. The average Bonchev–Trinajstić information content (AvgIpc) is 2.44. The van der Waals surface area contributed by atoms with Gasteiger partial charge in [-0.25, -0.2) is 9.78 Å². The number of nitrogens with zero attached hydrogens (tertiary/aromatic N) is 1. The number of aromatic nitrogens is 1. The highest BCUT2D eigenvalue weighted by Gasteiger charge is 2.08. The molecule has 0 spiro atoms. The maximum atomic E-state index is 10.9. The molecule has 0 aliphatic rings. The normalized spacial score (nSPS) is 10.2. The Kier molecular flexibility index (Phi) is 4.71. The lowest BCUT2D eigenvalue weighted by atomic mass is 10.1. The summed E-state index contributed by atoms with van der Waals surface area (Å²) in [5, 5.41) is 12.2. The van der Waals surface area contributed by atoms with Crippen molar-refractivity contribution in [2.24, 2.45) is 0 Å². The molecule has 0 aliphatic carbocycles. The standard InChI is InChI=1S/C16H18N2O2/c1-12-14(16(19)20)9-10-15(18-12)17-11-5-8-13-6-3-2-4-7-13/h2-4,6-7,9-10H,5,8,11H2,1H3,(H,17,18)(H,19,20). The van der Waals surface area contributed by atoms with Crippen LogP contribution in [-0.2, 0) is 6.42 Å². The number of carboxylic acid groups (broad SMARTS) is 1. The highest BCUT2D eigenvalue weighted by molar-refractivity contribution is 5.89. The van der Waals surface area contributed by atoms with Gasteiger partial charge in [-0.15, -0.1) is 0 Å². The number of aryl methyl sites for hydroxylation is 2. The number of rotatable bonds is 6. The maximum absolute atomic E-state index is 10.9. The molecule has 2 N–H and O–H groups in total. The van der Waals surface area contributed by atoms with Crippen LogP contribution >= 0.6 is 0 Å². The van der Waals surface area contributed by atoms with Crippen LogP contribution in [0, 0.1) is 6.92 Å². The molecule has 0 saturated heterocycles. The Morgan fingerprint density at radius 1 is 1.20 bits per heavy atom. The zero-order valence-corrected chi connectivity index (χ0v) is 11.5. The van der Waals surface area contributed by atoms with E-state index < -0.39 is 5.97 Å². The minimum absolute atomic E-state index is 0.250. The smallest absolute Gasteiger partial charge is 0.337 e. The molecule has 1 aromatic heterocycles. The lowest BCUT2D eigenvalue weighted by Gasteiger charge is -2.07. The Hall–Kier alpha value is -2.36. The zero-order chi connectivity index (χ0) is 14.4. The van der Waals surface area contributed by atoms with E-state index in [0.717, 1.165) is 25.2 Å². The van der Waals surface area contributed by atoms with Gasteiger partial charge in [0.05, 0.1) is 11.3 Å². The van der Waals surface area contributed by atoms with Gasteiger partial charge in [-0.1, -0.05) is 30.3 Å². The number of carbonyl (C=O) groups is 1. The third kappa shape index (κ3) is 3.82. The molecule has 104 valence electrons. The largest absolute Gasteiger partial charge is 0.478 e. The van der Waals surface area contributed by atoms with Crippen LogP contribution in [0.4, 0.5) is 5.82 Å². The van der Waals surface area contributed by atoms with Crippen LogP contribution in [0.3, 0.4) is 0 Å². The van der Waals surface area contributed by atoms with E-state index in [1.165, 1.54) is 5.56 Å². The minimum atomic E-state index is -0.939. The molecule has 0 aliphatic heterocycles. The molecule has 4 nitrogen and oxygen atoms in total. The van der Waals surface area contributed by atoms with E-state index in [0.29, 0.717) is 5.69 Å². The number of benzene rings is 1. The van der Waals surface area contributed by atoms with Crippen molar-refractivity contribution in [1.82, 2.24) is 4.98 Å². The number of carboxylic acids is 1. The third-order valence-electron chi connectivity index (χ3n) is 3.11. The summed E-state index contributed by atoms with van der Waals surface area (Å²) >= 11 is 0. The molecule has 0 radical (unpaired) electrons. The second-order valence-electron chi connectivity index (χ2n) is 4.65. The van der Waals surface area contributed by atoms with Crippen LogP contribution < -0.4 is 5.32 Å². The van der Waals surface area contributed by atoms with Crippen LogP contribution in [0.2, 0.25) is 0 Å². The van der Waals surface area contributed by atoms with Gasteiger partial charge in [-0.3, -0.25) is 0 Å². The summed E-state index contributed by atoms with van der Waals surface area (Å²) in [5.74, 6) is -0.216. The first-order valence-corrected chi connectivity index (χ1v) is 6.65. The minimum Gasteiger partial charge on any atom is -0.478 e. The molecular weight excluding hydrogens is 252 g/mol. The highest BCUT2D eigenvalue weighted by atomic mass is 16.4. The van der Waals surface area contributed by atoms with Gasteiger partial charge in [0.25, 0.3) is 0 Å². The summed E-state index contributed by atoms with van der Waals surface area (Å²) in [6.45, 7) is 2.52. The Morgan fingerprint density at radius 2 is 1.95 bits per heavy atom. The van der Waals surface area contributed by atoms with Gasteiger partial charge < -0.3 is 10.4 Å². The van der Waals surface area contributed by atoms with Crippen molar-refractivity contribution in [1.29, 1.82) is 0 Å². The Bertz CT molecular complexity index is 582. The van der Waals surface area contributed by atoms with Crippen LogP contribution in [0.1, 0.15) is 28.0 Å². The summed E-state index contributed by atoms with van der Waals surface area (Å²) < 4.78 is 0. The van der Waals surface area contributed by atoms with Gasteiger partial charge in [0.1, 0.15) is 5.82 Å². The fraction of sp³-hybridized carbons (Fsp3) is 0.250. The molecule has 0 atom stereocenters.